The quantitative estimate of drug-likeness (QED) is 0.926. The summed E-state index contributed by atoms with van der Waals surface area (Å²) in [6, 6.07) is 6.32. The molecule has 1 atom stereocenters. The Balaban J connectivity index is 2.13. The van der Waals surface area contributed by atoms with Crippen molar-refractivity contribution in [2.24, 2.45) is 5.41 Å². The first-order valence-electron chi connectivity index (χ1n) is 7.15. The molecule has 0 aromatic heterocycles. The molecule has 0 bridgehead atoms. The third-order valence-electron chi connectivity index (χ3n) is 4.34. The molecular weight excluding hydrogens is 271 g/mol. The van der Waals surface area contributed by atoms with Gasteiger partial charge in [-0.1, -0.05) is 13.0 Å². The second-order valence-corrected chi connectivity index (χ2v) is 5.68. The number of carboxylic acids is 1. The van der Waals surface area contributed by atoms with E-state index in [-0.39, 0.29) is 5.56 Å². The number of piperidine rings is 1. The number of nitriles is 1. The second-order valence-electron chi connectivity index (χ2n) is 5.68. The summed E-state index contributed by atoms with van der Waals surface area (Å²) in [5, 5.41) is 18.3. The van der Waals surface area contributed by atoms with Crippen LogP contribution in [0.1, 0.15) is 37.3 Å². The van der Waals surface area contributed by atoms with Crippen molar-refractivity contribution >= 4 is 5.97 Å². The van der Waals surface area contributed by atoms with Crippen molar-refractivity contribution in [3.63, 3.8) is 0 Å². The van der Waals surface area contributed by atoms with Crippen molar-refractivity contribution in [2.75, 3.05) is 13.1 Å². The summed E-state index contributed by atoms with van der Waals surface area (Å²) >= 11 is 0. The van der Waals surface area contributed by atoms with Crippen molar-refractivity contribution < 1.29 is 14.3 Å². The number of carbonyl (C=O) groups is 1. The van der Waals surface area contributed by atoms with Gasteiger partial charge in [0.25, 0.3) is 0 Å². The first kappa shape index (κ1) is 15.5. The van der Waals surface area contributed by atoms with E-state index < -0.39 is 17.2 Å². The van der Waals surface area contributed by atoms with Gasteiger partial charge in [-0.15, -0.1) is 0 Å². The molecule has 0 amide bonds. The molecule has 1 N–H and O–H groups in total. The largest absolute Gasteiger partial charge is 0.481 e. The minimum Gasteiger partial charge on any atom is -0.481 e. The first-order valence-corrected chi connectivity index (χ1v) is 7.15. The smallest absolute Gasteiger partial charge is 0.310 e. The first-order chi connectivity index (χ1) is 10.0. The maximum absolute atomic E-state index is 13.3. The van der Waals surface area contributed by atoms with Crippen molar-refractivity contribution in [2.45, 2.75) is 32.7 Å². The monoisotopic (exact) mass is 290 g/mol. The third-order valence-corrected chi connectivity index (χ3v) is 4.34. The SMILES string of the molecule is CCC1(C(=O)O)CCCN(Cc2ccc(F)c(C#N)c2)C1. The summed E-state index contributed by atoms with van der Waals surface area (Å²) in [6.45, 7) is 3.78. The standard InChI is InChI=1S/C16H19FN2O2/c1-2-16(15(20)21)6-3-7-19(11-16)10-12-4-5-14(17)13(8-12)9-18/h4-5,8H,2-3,6-7,10-11H2,1H3,(H,20,21). The maximum atomic E-state index is 13.3. The van der Waals surface area contributed by atoms with Crippen LogP contribution in [0.3, 0.4) is 0 Å². The van der Waals surface area contributed by atoms with Gasteiger partial charge in [-0.05, 0) is 43.5 Å². The van der Waals surface area contributed by atoms with Crippen molar-refractivity contribution in [1.29, 1.82) is 5.26 Å². The molecule has 21 heavy (non-hydrogen) atoms. The highest BCUT2D eigenvalue weighted by molar-refractivity contribution is 5.75. The van der Waals surface area contributed by atoms with Gasteiger partial charge in [0.2, 0.25) is 0 Å². The van der Waals surface area contributed by atoms with Crippen molar-refractivity contribution in [3.8, 4) is 6.07 Å². The Labute approximate surface area is 123 Å². The van der Waals surface area contributed by atoms with E-state index in [1.165, 1.54) is 6.07 Å². The molecule has 112 valence electrons. The zero-order chi connectivity index (χ0) is 15.5. The number of likely N-dealkylation sites (tertiary alicyclic amines) is 1. The number of aliphatic carboxylic acids is 1. The molecule has 1 aliphatic heterocycles. The van der Waals surface area contributed by atoms with Crippen LogP contribution in [-0.2, 0) is 11.3 Å². The van der Waals surface area contributed by atoms with Gasteiger partial charge in [-0.2, -0.15) is 5.26 Å². The molecular formula is C16H19FN2O2. The molecule has 1 aromatic rings. The minimum atomic E-state index is -0.744. The lowest BCUT2D eigenvalue weighted by molar-refractivity contribution is -0.153. The fourth-order valence-electron chi connectivity index (χ4n) is 2.99. The molecule has 0 radical (unpaired) electrons. The average Bonchev–Trinajstić information content (AvgIpc) is 2.49. The summed E-state index contributed by atoms with van der Waals surface area (Å²) in [7, 11) is 0. The number of hydrogen-bond donors (Lipinski definition) is 1. The predicted molar refractivity (Wildman–Crippen MR) is 76.0 cm³/mol. The van der Waals surface area contributed by atoms with Crippen molar-refractivity contribution in [3.05, 3.63) is 35.1 Å². The predicted octanol–water partition coefficient (Wildman–Crippen LogP) is 2.77. The number of hydrogen-bond acceptors (Lipinski definition) is 3. The third kappa shape index (κ3) is 3.22. The number of carboxylic acid groups (broad SMARTS) is 1. The lowest BCUT2D eigenvalue weighted by Crippen LogP contribution is -2.47. The van der Waals surface area contributed by atoms with E-state index in [1.807, 2.05) is 13.0 Å². The van der Waals surface area contributed by atoms with Crippen LogP contribution in [0, 0.1) is 22.6 Å². The molecule has 1 fully saturated rings. The summed E-state index contributed by atoms with van der Waals surface area (Å²) in [5.41, 5.74) is 0.186. The molecule has 5 heteroatoms. The van der Waals surface area contributed by atoms with Gasteiger partial charge in [0, 0.05) is 13.1 Å². The molecule has 0 spiro atoms. The van der Waals surface area contributed by atoms with E-state index in [4.69, 9.17) is 5.26 Å². The van der Waals surface area contributed by atoms with E-state index >= 15 is 0 Å². The maximum Gasteiger partial charge on any atom is 0.310 e. The second kappa shape index (κ2) is 6.23. The van der Waals surface area contributed by atoms with Gasteiger partial charge >= 0.3 is 5.97 Å². The van der Waals surface area contributed by atoms with Crippen LogP contribution in [0.5, 0.6) is 0 Å². The molecule has 1 unspecified atom stereocenters. The highest BCUT2D eigenvalue weighted by Gasteiger charge is 2.40. The molecule has 1 saturated heterocycles. The number of rotatable bonds is 4. The lowest BCUT2D eigenvalue weighted by atomic mass is 9.77. The molecule has 1 aliphatic rings. The average molecular weight is 290 g/mol. The Morgan fingerprint density at radius 3 is 2.95 bits per heavy atom. The lowest BCUT2D eigenvalue weighted by Gasteiger charge is -2.39. The molecule has 2 rings (SSSR count). The van der Waals surface area contributed by atoms with Crippen LogP contribution >= 0.6 is 0 Å². The highest BCUT2D eigenvalue weighted by atomic mass is 19.1. The van der Waals surface area contributed by atoms with Gasteiger partial charge in [0.15, 0.2) is 0 Å². The van der Waals surface area contributed by atoms with E-state index in [0.29, 0.717) is 25.9 Å². The van der Waals surface area contributed by atoms with Gasteiger partial charge in [0.05, 0.1) is 11.0 Å². The number of benzene rings is 1. The number of halogens is 1. The van der Waals surface area contributed by atoms with Crippen LogP contribution in [0.25, 0.3) is 0 Å². The zero-order valence-electron chi connectivity index (χ0n) is 12.1. The van der Waals surface area contributed by atoms with Crippen LogP contribution in [0.15, 0.2) is 18.2 Å². The summed E-state index contributed by atoms with van der Waals surface area (Å²) < 4.78 is 13.3. The molecule has 1 heterocycles. The summed E-state index contributed by atoms with van der Waals surface area (Å²) in [6.07, 6.45) is 2.14. The Kier molecular flexibility index (Phi) is 4.59. The molecule has 0 saturated carbocycles. The fourth-order valence-corrected chi connectivity index (χ4v) is 2.99. The fraction of sp³-hybridized carbons (Fsp3) is 0.500. The molecule has 4 nitrogen and oxygen atoms in total. The summed E-state index contributed by atoms with van der Waals surface area (Å²) in [5.74, 6) is -1.26. The van der Waals surface area contributed by atoms with Crippen LogP contribution in [0.4, 0.5) is 4.39 Å². The zero-order valence-corrected chi connectivity index (χ0v) is 12.1. The highest BCUT2D eigenvalue weighted by Crippen LogP contribution is 2.34. The van der Waals surface area contributed by atoms with Gasteiger partial charge in [-0.25, -0.2) is 4.39 Å². The van der Waals surface area contributed by atoms with E-state index in [2.05, 4.69) is 4.90 Å². The Morgan fingerprint density at radius 2 is 2.33 bits per heavy atom. The Hall–Kier alpha value is -1.93. The summed E-state index contributed by atoms with van der Waals surface area (Å²) in [4.78, 5) is 13.6. The van der Waals surface area contributed by atoms with Crippen LogP contribution in [-0.4, -0.2) is 29.1 Å². The van der Waals surface area contributed by atoms with Crippen LogP contribution in [0.2, 0.25) is 0 Å². The van der Waals surface area contributed by atoms with E-state index in [1.54, 1.807) is 12.1 Å². The molecule has 1 aromatic carbocycles. The molecule has 0 aliphatic carbocycles. The Bertz CT molecular complexity index is 582. The topological polar surface area (TPSA) is 64.3 Å². The van der Waals surface area contributed by atoms with Crippen molar-refractivity contribution in [1.82, 2.24) is 4.90 Å². The van der Waals surface area contributed by atoms with E-state index in [0.717, 1.165) is 18.5 Å². The minimum absolute atomic E-state index is 0.0319. The van der Waals surface area contributed by atoms with Gasteiger partial charge < -0.3 is 5.11 Å². The normalized spacial score (nSPS) is 22.7. The van der Waals surface area contributed by atoms with E-state index in [9.17, 15) is 14.3 Å². The number of nitrogens with zero attached hydrogens (tertiary/aromatic N) is 2. The van der Waals surface area contributed by atoms with Gasteiger partial charge in [0.1, 0.15) is 11.9 Å². The van der Waals surface area contributed by atoms with Gasteiger partial charge in [-0.3, -0.25) is 9.69 Å². The van der Waals surface area contributed by atoms with Crippen LogP contribution < -0.4 is 0 Å². The Morgan fingerprint density at radius 1 is 1.57 bits per heavy atom.